The second kappa shape index (κ2) is 10.9. The van der Waals surface area contributed by atoms with Crippen LogP contribution in [0.2, 0.25) is 0 Å². The third-order valence-corrected chi connectivity index (χ3v) is 7.52. The minimum Gasteiger partial charge on any atom is -0.436 e. The van der Waals surface area contributed by atoms with E-state index in [1.807, 2.05) is 23.1 Å². The van der Waals surface area contributed by atoms with Gasteiger partial charge in [0, 0.05) is 36.1 Å². The molecule has 0 radical (unpaired) electrons. The minimum absolute atomic E-state index is 0.236. The average molecular weight is 541 g/mol. The number of aromatic nitrogens is 2. The molecule has 0 saturated carbocycles. The van der Waals surface area contributed by atoms with Crippen molar-refractivity contribution in [2.24, 2.45) is 5.92 Å². The van der Waals surface area contributed by atoms with Crippen LogP contribution in [0.25, 0.3) is 22.6 Å². The molecule has 0 spiro atoms. The highest BCUT2D eigenvalue weighted by Gasteiger charge is 2.31. The lowest BCUT2D eigenvalue weighted by molar-refractivity contribution is -0.137. The maximum absolute atomic E-state index is 15.1. The molecule has 5 nitrogen and oxygen atoms in total. The minimum atomic E-state index is -4.39. The van der Waals surface area contributed by atoms with E-state index in [9.17, 15) is 13.2 Å². The van der Waals surface area contributed by atoms with E-state index in [-0.39, 0.29) is 5.92 Å². The third-order valence-electron chi connectivity index (χ3n) is 7.52. The fourth-order valence-electron chi connectivity index (χ4n) is 5.21. The highest BCUT2D eigenvalue weighted by molar-refractivity contribution is 5.83. The molecule has 1 fully saturated rings. The fourth-order valence-corrected chi connectivity index (χ4v) is 5.21. The lowest BCUT2D eigenvalue weighted by Gasteiger charge is -2.33. The van der Waals surface area contributed by atoms with Crippen molar-refractivity contribution in [2.75, 3.05) is 23.7 Å². The second-order valence-electron chi connectivity index (χ2n) is 10.6. The van der Waals surface area contributed by atoms with Crippen LogP contribution in [-0.4, -0.2) is 23.1 Å². The Hall–Kier alpha value is -3.62. The van der Waals surface area contributed by atoms with E-state index < -0.39 is 17.9 Å². The van der Waals surface area contributed by atoms with E-state index in [0.717, 1.165) is 48.2 Å². The van der Waals surface area contributed by atoms with Crippen LogP contribution in [-0.2, 0) is 6.18 Å². The van der Waals surface area contributed by atoms with Gasteiger partial charge in [0.1, 0.15) is 17.5 Å². The Morgan fingerprint density at radius 2 is 1.77 bits per heavy atom. The Labute approximate surface area is 225 Å². The Morgan fingerprint density at radius 3 is 2.38 bits per heavy atom. The van der Waals surface area contributed by atoms with E-state index in [0.29, 0.717) is 53.9 Å². The van der Waals surface area contributed by atoms with Crippen molar-refractivity contribution in [1.29, 1.82) is 0 Å². The summed E-state index contributed by atoms with van der Waals surface area (Å²) in [6, 6.07) is 13.4. The number of pyridine rings is 1. The van der Waals surface area contributed by atoms with Crippen LogP contribution in [0.1, 0.15) is 68.3 Å². The van der Waals surface area contributed by atoms with E-state index >= 15 is 4.39 Å². The molecular formula is C30H32F4N4O. The average Bonchev–Trinajstić information content (AvgIpc) is 3.35. The quantitative estimate of drug-likeness (QED) is 0.189. The molecule has 3 heterocycles. The van der Waals surface area contributed by atoms with Gasteiger partial charge in [-0.15, -0.1) is 0 Å². The first-order valence-electron chi connectivity index (χ1n) is 13.3. The second-order valence-corrected chi connectivity index (χ2v) is 10.6. The summed E-state index contributed by atoms with van der Waals surface area (Å²) in [5, 5.41) is 0. The number of nitrogens with zero attached hydrogens (tertiary/aromatic N) is 3. The van der Waals surface area contributed by atoms with Crippen LogP contribution in [0.3, 0.4) is 0 Å². The molecule has 0 amide bonds. The maximum atomic E-state index is 15.1. The van der Waals surface area contributed by atoms with Gasteiger partial charge >= 0.3 is 6.18 Å². The highest BCUT2D eigenvalue weighted by Crippen LogP contribution is 2.35. The first-order valence-corrected chi connectivity index (χ1v) is 13.3. The molecule has 2 aromatic carbocycles. The van der Waals surface area contributed by atoms with E-state index in [2.05, 4.69) is 23.8 Å². The Morgan fingerprint density at radius 1 is 1.05 bits per heavy atom. The van der Waals surface area contributed by atoms with Crippen LogP contribution < -0.4 is 10.6 Å². The van der Waals surface area contributed by atoms with E-state index in [1.54, 1.807) is 18.2 Å². The number of benzene rings is 2. The summed E-state index contributed by atoms with van der Waals surface area (Å²) in [5.74, 6) is 1.64. The molecule has 9 heteroatoms. The Balaban J connectivity index is 1.15. The van der Waals surface area contributed by atoms with Crippen molar-refractivity contribution in [3.05, 3.63) is 71.4 Å². The zero-order valence-electron chi connectivity index (χ0n) is 22.0. The van der Waals surface area contributed by atoms with Gasteiger partial charge in [-0.05, 0) is 79.5 Å². The van der Waals surface area contributed by atoms with Crippen molar-refractivity contribution in [2.45, 2.75) is 57.8 Å². The van der Waals surface area contributed by atoms with Crippen LogP contribution in [0.5, 0.6) is 0 Å². The number of oxazole rings is 1. The molecule has 39 heavy (non-hydrogen) atoms. The number of rotatable bonds is 7. The van der Waals surface area contributed by atoms with Gasteiger partial charge < -0.3 is 15.1 Å². The van der Waals surface area contributed by atoms with Gasteiger partial charge in [0.2, 0.25) is 5.89 Å². The van der Waals surface area contributed by atoms with Crippen molar-refractivity contribution in [1.82, 2.24) is 9.97 Å². The molecule has 1 aliphatic rings. The summed E-state index contributed by atoms with van der Waals surface area (Å²) in [4.78, 5) is 10.6. The van der Waals surface area contributed by atoms with Gasteiger partial charge in [0.15, 0.2) is 5.58 Å². The van der Waals surface area contributed by atoms with Gasteiger partial charge in [-0.1, -0.05) is 26.0 Å². The molecule has 206 valence electrons. The zero-order chi connectivity index (χ0) is 27.7. The summed E-state index contributed by atoms with van der Waals surface area (Å²) in [5.41, 5.74) is 9.76. The monoisotopic (exact) mass is 540 g/mol. The van der Waals surface area contributed by atoms with E-state index in [4.69, 9.17) is 10.2 Å². The number of fused-ring (bicyclic) bond motifs is 1. The van der Waals surface area contributed by atoms with Crippen LogP contribution >= 0.6 is 0 Å². The first-order chi connectivity index (χ1) is 18.6. The van der Waals surface area contributed by atoms with Gasteiger partial charge in [-0.2, -0.15) is 13.2 Å². The lowest BCUT2D eigenvalue weighted by atomic mass is 9.90. The molecule has 1 unspecified atom stereocenters. The number of nitrogen functional groups attached to an aromatic ring is 1. The predicted octanol–water partition coefficient (Wildman–Crippen LogP) is 8.32. The Bertz CT molecular complexity index is 1410. The van der Waals surface area contributed by atoms with Crippen LogP contribution in [0.4, 0.5) is 29.1 Å². The largest absolute Gasteiger partial charge is 0.436 e. The number of halogens is 4. The van der Waals surface area contributed by atoms with Crippen molar-refractivity contribution < 1.29 is 22.0 Å². The van der Waals surface area contributed by atoms with Gasteiger partial charge in [-0.25, -0.2) is 14.4 Å². The number of nitrogens with two attached hydrogens (primary N) is 1. The van der Waals surface area contributed by atoms with Crippen molar-refractivity contribution >= 4 is 22.6 Å². The molecule has 1 saturated heterocycles. The zero-order valence-corrected chi connectivity index (χ0v) is 22.0. The van der Waals surface area contributed by atoms with E-state index in [1.165, 1.54) is 6.07 Å². The van der Waals surface area contributed by atoms with Crippen molar-refractivity contribution in [3.63, 3.8) is 0 Å². The molecule has 0 bridgehead atoms. The smallest absolute Gasteiger partial charge is 0.417 e. The van der Waals surface area contributed by atoms with Gasteiger partial charge in [0.05, 0.1) is 5.56 Å². The lowest BCUT2D eigenvalue weighted by Crippen LogP contribution is -2.34. The SMILES string of the molecule is CC(C)c1cc(N)cc2nc(-c3ccc(C(F)CCC4CCN(c5ccc(C(F)(F)F)cn5)CC4)cc3)oc12. The molecule has 5 rings (SSSR count). The summed E-state index contributed by atoms with van der Waals surface area (Å²) in [7, 11) is 0. The first kappa shape index (κ1) is 27.0. The molecule has 1 aliphatic heterocycles. The summed E-state index contributed by atoms with van der Waals surface area (Å²) in [6.45, 7) is 5.55. The molecule has 2 aromatic heterocycles. The predicted molar refractivity (Wildman–Crippen MR) is 145 cm³/mol. The molecule has 2 N–H and O–H groups in total. The third kappa shape index (κ3) is 6.02. The number of anilines is 2. The number of piperidine rings is 1. The van der Waals surface area contributed by atoms with Crippen LogP contribution in [0, 0.1) is 5.92 Å². The summed E-state index contributed by atoms with van der Waals surface area (Å²) >= 11 is 0. The van der Waals surface area contributed by atoms with Gasteiger partial charge in [0.25, 0.3) is 0 Å². The standard InChI is InChI=1S/C30H32F4N4O/c1-18(2)24-15-23(35)16-26-28(24)39-29(37-26)21-6-4-20(5-7-21)25(31)9-3-19-11-13-38(14-12-19)27-10-8-22(17-36-27)30(32,33)34/h4-8,10,15-19,25H,3,9,11-14,35H2,1-2H3. The summed E-state index contributed by atoms with van der Waals surface area (Å²) in [6.07, 6.45) is -1.71. The topological polar surface area (TPSA) is 68.2 Å². The number of alkyl halides is 4. The fraction of sp³-hybridized carbons (Fsp3) is 0.400. The number of hydrogen-bond acceptors (Lipinski definition) is 5. The van der Waals surface area contributed by atoms with Gasteiger partial charge in [-0.3, -0.25) is 0 Å². The maximum Gasteiger partial charge on any atom is 0.417 e. The highest BCUT2D eigenvalue weighted by atomic mass is 19.4. The Kier molecular flexibility index (Phi) is 7.51. The molecular weight excluding hydrogens is 508 g/mol. The molecule has 0 aliphatic carbocycles. The van der Waals surface area contributed by atoms with Crippen molar-refractivity contribution in [3.8, 4) is 11.5 Å². The van der Waals surface area contributed by atoms with Crippen LogP contribution in [0.15, 0.2) is 59.1 Å². The normalized spacial score (nSPS) is 15.8. The molecule has 4 aromatic rings. The molecule has 1 atom stereocenters. The number of hydrogen-bond donors (Lipinski definition) is 1. The summed E-state index contributed by atoms with van der Waals surface area (Å²) < 4.78 is 59.5.